The number of Topliss-reactive ketones (excluding diaryl/α,β-unsaturated/α-hetero) is 1. The molecule has 0 radical (unpaired) electrons. The van der Waals surface area contributed by atoms with Gasteiger partial charge in [-0.15, -0.1) is 10.2 Å². The van der Waals surface area contributed by atoms with Crippen molar-refractivity contribution in [1.29, 1.82) is 0 Å². The molecule has 1 saturated heterocycles. The first-order valence-electron chi connectivity index (χ1n) is 13.3. The maximum atomic E-state index is 14.2. The number of ketones is 1. The number of methoxy groups -OCH3 is 3. The third-order valence-corrected chi connectivity index (χ3v) is 8.90. The quantitative estimate of drug-likeness (QED) is 0.0687. The Bertz CT molecular complexity index is 1700. The Morgan fingerprint density at radius 2 is 1.68 bits per heavy atom. The summed E-state index contributed by atoms with van der Waals surface area (Å²) in [4.78, 5) is 28.5. The lowest BCUT2D eigenvalue weighted by atomic mass is 9.94. The molecule has 228 valence electrons. The molecule has 13 heteroatoms. The Kier molecular flexibility index (Phi) is 9.35. The number of ether oxygens (including phenoxy) is 4. The number of hydrogen-bond donors (Lipinski definition) is 1. The number of amides is 1. The lowest BCUT2D eigenvalue weighted by molar-refractivity contribution is -0.132. The van der Waals surface area contributed by atoms with Crippen molar-refractivity contribution in [3.63, 3.8) is 0 Å². The SMILES string of the molecule is CCOc1ccc(/C(O)=C2/C(=O)C(=O)N(c3nnc(SCc4ccccc4F)s3)C2c2cc(OC)c(OC)c(OC)c2)cc1. The van der Waals surface area contributed by atoms with E-state index in [1.807, 2.05) is 6.92 Å². The van der Waals surface area contributed by atoms with Crippen molar-refractivity contribution in [3.8, 4) is 23.0 Å². The summed E-state index contributed by atoms with van der Waals surface area (Å²) in [5.74, 6) is -0.792. The van der Waals surface area contributed by atoms with Crippen LogP contribution in [-0.4, -0.2) is 54.9 Å². The Hall–Kier alpha value is -4.62. The van der Waals surface area contributed by atoms with Crippen LogP contribution >= 0.6 is 23.1 Å². The van der Waals surface area contributed by atoms with Crippen LogP contribution in [0.2, 0.25) is 0 Å². The van der Waals surface area contributed by atoms with Crippen LogP contribution in [0.4, 0.5) is 9.52 Å². The second kappa shape index (κ2) is 13.3. The summed E-state index contributed by atoms with van der Waals surface area (Å²) < 4.78 is 36.7. The average Bonchev–Trinajstić information content (AvgIpc) is 3.61. The van der Waals surface area contributed by atoms with Crippen LogP contribution in [0, 0.1) is 5.82 Å². The maximum absolute atomic E-state index is 14.2. The van der Waals surface area contributed by atoms with Gasteiger partial charge in [0.05, 0.1) is 39.6 Å². The highest BCUT2D eigenvalue weighted by Gasteiger charge is 2.49. The van der Waals surface area contributed by atoms with Crippen LogP contribution in [0.1, 0.15) is 29.7 Å². The summed E-state index contributed by atoms with van der Waals surface area (Å²) >= 11 is 2.31. The number of rotatable bonds is 11. The summed E-state index contributed by atoms with van der Waals surface area (Å²) in [6.45, 7) is 2.31. The molecule has 44 heavy (non-hydrogen) atoms. The van der Waals surface area contributed by atoms with Gasteiger partial charge in [0, 0.05) is 11.3 Å². The largest absolute Gasteiger partial charge is 0.507 e. The first-order valence-corrected chi connectivity index (χ1v) is 15.1. The Labute approximate surface area is 261 Å². The molecule has 1 amide bonds. The minimum atomic E-state index is -1.13. The van der Waals surface area contributed by atoms with E-state index in [-0.39, 0.29) is 39.5 Å². The second-order valence-electron chi connectivity index (χ2n) is 9.32. The number of hydrogen-bond acceptors (Lipinski definition) is 11. The smallest absolute Gasteiger partial charge is 0.301 e. The molecule has 0 aliphatic carbocycles. The zero-order valence-corrected chi connectivity index (χ0v) is 25.8. The number of carbonyl (C=O) groups is 2. The van der Waals surface area contributed by atoms with Crippen LogP contribution in [0.15, 0.2) is 70.6 Å². The fourth-order valence-electron chi connectivity index (χ4n) is 4.75. The summed E-state index contributed by atoms with van der Waals surface area (Å²) in [5.41, 5.74) is 1.02. The van der Waals surface area contributed by atoms with E-state index in [1.165, 1.54) is 44.1 Å². The van der Waals surface area contributed by atoms with Crippen molar-refractivity contribution < 1.29 is 38.0 Å². The lowest BCUT2D eigenvalue weighted by Gasteiger charge is -2.24. The molecule has 3 aromatic carbocycles. The van der Waals surface area contributed by atoms with Crippen LogP contribution in [0.5, 0.6) is 23.0 Å². The van der Waals surface area contributed by atoms with Crippen LogP contribution in [-0.2, 0) is 15.3 Å². The molecule has 5 rings (SSSR count). The van der Waals surface area contributed by atoms with E-state index >= 15 is 0 Å². The minimum absolute atomic E-state index is 0.118. The summed E-state index contributed by atoms with van der Waals surface area (Å²) in [5, 5.41) is 20.0. The van der Waals surface area contributed by atoms with Gasteiger partial charge in [0.15, 0.2) is 15.8 Å². The molecule has 1 atom stereocenters. The molecular weight excluding hydrogens is 609 g/mol. The van der Waals surface area contributed by atoms with Gasteiger partial charge in [0.2, 0.25) is 10.9 Å². The molecule has 1 aliphatic heterocycles. The standard InChI is InChI=1S/C31H28FN3O7S2/c1-5-42-20-12-10-17(11-13-20)26(36)24-25(19-14-22(39-2)28(41-4)23(15-19)40-3)35(29(38)27(24)37)30-33-34-31(44-30)43-16-18-8-6-7-9-21(18)32/h6-15,25,36H,5,16H2,1-4H3/b26-24-. The van der Waals surface area contributed by atoms with Crippen molar-refractivity contribution in [2.45, 2.75) is 23.1 Å². The van der Waals surface area contributed by atoms with E-state index in [0.717, 1.165) is 11.3 Å². The number of aromatic nitrogens is 2. The molecule has 0 saturated carbocycles. The predicted molar refractivity (Wildman–Crippen MR) is 164 cm³/mol. The zero-order chi connectivity index (χ0) is 31.4. The van der Waals surface area contributed by atoms with Crippen molar-refractivity contribution in [2.24, 2.45) is 0 Å². The van der Waals surface area contributed by atoms with Gasteiger partial charge in [0.25, 0.3) is 5.78 Å². The van der Waals surface area contributed by atoms with E-state index in [4.69, 9.17) is 18.9 Å². The van der Waals surface area contributed by atoms with Gasteiger partial charge in [-0.05, 0) is 60.5 Å². The van der Waals surface area contributed by atoms with Gasteiger partial charge in [-0.1, -0.05) is 41.3 Å². The van der Waals surface area contributed by atoms with Crippen LogP contribution < -0.4 is 23.8 Å². The van der Waals surface area contributed by atoms with Gasteiger partial charge in [-0.2, -0.15) is 0 Å². The number of carbonyl (C=O) groups excluding carboxylic acids is 2. The summed E-state index contributed by atoms with van der Waals surface area (Å²) in [7, 11) is 4.35. The third-order valence-electron chi connectivity index (χ3n) is 6.80. The second-order valence-corrected chi connectivity index (χ2v) is 11.5. The average molecular weight is 638 g/mol. The van der Waals surface area contributed by atoms with E-state index < -0.39 is 17.7 Å². The van der Waals surface area contributed by atoms with Gasteiger partial charge in [-0.25, -0.2) is 4.39 Å². The van der Waals surface area contributed by atoms with Crippen molar-refractivity contribution >= 4 is 45.7 Å². The summed E-state index contributed by atoms with van der Waals surface area (Å²) in [6, 6.07) is 15.0. The zero-order valence-electron chi connectivity index (χ0n) is 24.2. The molecule has 1 fully saturated rings. The van der Waals surface area contributed by atoms with Gasteiger partial charge in [0.1, 0.15) is 17.3 Å². The third kappa shape index (κ3) is 5.92. The first-order chi connectivity index (χ1) is 21.3. The van der Waals surface area contributed by atoms with Crippen LogP contribution in [0.3, 0.4) is 0 Å². The molecule has 1 aliphatic rings. The van der Waals surface area contributed by atoms with Crippen molar-refractivity contribution in [1.82, 2.24) is 10.2 Å². The van der Waals surface area contributed by atoms with Gasteiger partial charge < -0.3 is 24.1 Å². The van der Waals surface area contributed by atoms with E-state index in [0.29, 0.717) is 39.1 Å². The molecule has 4 aromatic rings. The highest BCUT2D eigenvalue weighted by Crippen LogP contribution is 2.48. The predicted octanol–water partition coefficient (Wildman–Crippen LogP) is 6.02. The van der Waals surface area contributed by atoms with Gasteiger partial charge in [-0.3, -0.25) is 14.5 Å². The first kappa shape index (κ1) is 30.8. The Balaban J connectivity index is 1.61. The molecule has 1 N–H and O–H groups in total. The number of aliphatic hydroxyl groups excluding tert-OH is 1. The fraction of sp³-hybridized carbons (Fsp3) is 0.226. The monoisotopic (exact) mass is 637 g/mol. The summed E-state index contributed by atoms with van der Waals surface area (Å²) in [6.07, 6.45) is 0. The fourth-order valence-corrected chi connectivity index (χ4v) is 6.60. The number of nitrogens with zero attached hydrogens (tertiary/aromatic N) is 3. The minimum Gasteiger partial charge on any atom is -0.507 e. The molecule has 1 aromatic heterocycles. The molecule has 0 bridgehead atoms. The molecule has 2 heterocycles. The molecule has 1 unspecified atom stereocenters. The topological polar surface area (TPSA) is 120 Å². The number of thioether (sulfide) groups is 1. The normalized spacial score (nSPS) is 15.8. The van der Waals surface area contributed by atoms with Crippen LogP contribution in [0.25, 0.3) is 5.76 Å². The van der Waals surface area contributed by atoms with E-state index in [2.05, 4.69) is 10.2 Å². The number of benzene rings is 3. The number of aliphatic hydroxyl groups is 1. The highest BCUT2D eigenvalue weighted by atomic mass is 32.2. The number of anilines is 1. The highest BCUT2D eigenvalue weighted by molar-refractivity contribution is 8.00. The molecule has 0 spiro atoms. The van der Waals surface area contributed by atoms with E-state index in [1.54, 1.807) is 54.6 Å². The van der Waals surface area contributed by atoms with E-state index in [9.17, 15) is 19.1 Å². The van der Waals surface area contributed by atoms with Crippen molar-refractivity contribution in [2.75, 3.05) is 32.8 Å². The van der Waals surface area contributed by atoms with Gasteiger partial charge >= 0.3 is 5.91 Å². The lowest BCUT2D eigenvalue weighted by Crippen LogP contribution is -2.29. The number of halogens is 1. The molecule has 10 nitrogen and oxygen atoms in total. The Morgan fingerprint density at radius 1 is 1.00 bits per heavy atom. The molecular formula is C31H28FN3O7S2. The Morgan fingerprint density at radius 3 is 2.30 bits per heavy atom. The van der Waals surface area contributed by atoms with Crippen molar-refractivity contribution in [3.05, 3.63) is 88.7 Å². The maximum Gasteiger partial charge on any atom is 0.301 e.